The lowest BCUT2D eigenvalue weighted by Crippen LogP contribution is -2.46. The summed E-state index contributed by atoms with van der Waals surface area (Å²) in [6.45, 7) is 3.88. The Morgan fingerprint density at radius 1 is 1.35 bits per heavy atom. The molecule has 9 heteroatoms. The number of hydrogen-bond donors (Lipinski definition) is 1. The van der Waals surface area contributed by atoms with Gasteiger partial charge in [0.15, 0.2) is 5.65 Å². The fourth-order valence-corrected chi connectivity index (χ4v) is 2.90. The van der Waals surface area contributed by atoms with E-state index in [2.05, 4.69) is 10.3 Å². The molecule has 1 aliphatic rings. The van der Waals surface area contributed by atoms with Gasteiger partial charge in [0.2, 0.25) is 0 Å². The Morgan fingerprint density at radius 3 is 2.61 bits per heavy atom. The van der Waals surface area contributed by atoms with Crippen LogP contribution in [0.2, 0.25) is 5.02 Å². The van der Waals surface area contributed by atoms with Crippen molar-refractivity contribution in [1.29, 1.82) is 0 Å². The number of alkyl halides is 3. The van der Waals surface area contributed by atoms with Gasteiger partial charge in [-0.15, -0.1) is 0 Å². The average Bonchev–Trinajstić information content (AvgIpc) is 2.83. The summed E-state index contributed by atoms with van der Waals surface area (Å²) in [6.07, 6.45) is -3.68. The number of halogens is 4. The van der Waals surface area contributed by atoms with Crippen molar-refractivity contribution >= 4 is 23.2 Å². The van der Waals surface area contributed by atoms with Gasteiger partial charge >= 0.3 is 6.18 Å². The van der Waals surface area contributed by atoms with E-state index >= 15 is 0 Å². The van der Waals surface area contributed by atoms with Crippen molar-refractivity contribution in [2.45, 2.75) is 13.1 Å². The number of hydrogen-bond acceptors (Lipinski definition) is 3. The molecular formula is C14H14ClF3N4O. The van der Waals surface area contributed by atoms with Crippen LogP contribution in [0.25, 0.3) is 5.65 Å². The van der Waals surface area contributed by atoms with Crippen molar-refractivity contribution in [2.24, 2.45) is 0 Å². The second-order valence-electron chi connectivity index (χ2n) is 5.36. The maximum atomic E-state index is 13.0. The van der Waals surface area contributed by atoms with Crippen molar-refractivity contribution in [1.82, 2.24) is 19.6 Å². The van der Waals surface area contributed by atoms with Gasteiger partial charge in [0, 0.05) is 32.4 Å². The molecular weight excluding hydrogens is 333 g/mol. The summed E-state index contributed by atoms with van der Waals surface area (Å²) < 4.78 is 40.1. The minimum atomic E-state index is -4.55. The van der Waals surface area contributed by atoms with Gasteiger partial charge < -0.3 is 10.2 Å². The van der Waals surface area contributed by atoms with Crippen molar-refractivity contribution in [3.05, 3.63) is 34.2 Å². The SMILES string of the molecule is Cc1nc2c(Cl)cc(C(F)(F)F)cn2c1C(=O)N1CCNCC1. The normalized spacial score (nSPS) is 16.1. The fraction of sp³-hybridized carbons (Fsp3) is 0.429. The average molecular weight is 347 g/mol. The van der Waals surface area contributed by atoms with Crippen molar-refractivity contribution in [3.63, 3.8) is 0 Å². The van der Waals surface area contributed by atoms with Gasteiger partial charge in [-0.3, -0.25) is 9.20 Å². The number of fused-ring (bicyclic) bond motifs is 1. The van der Waals surface area contributed by atoms with Crippen molar-refractivity contribution < 1.29 is 18.0 Å². The lowest BCUT2D eigenvalue weighted by atomic mass is 10.2. The van der Waals surface area contributed by atoms with Gasteiger partial charge in [-0.1, -0.05) is 11.6 Å². The number of rotatable bonds is 1. The Morgan fingerprint density at radius 2 is 2.00 bits per heavy atom. The predicted octanol–water partition coefficient (Wildman–Crippen LogP) is 2.36. The van der Waals surface area contributed by atoms with Crippen LogP contribution in [0.5, 0.6) is 0 Å². The van der Waals surface area contributed by atoms with Gasteiger partial charge in [-0.2, -0.15) is 13.2 Å². The first-order chi connectivity index (χ1) is 10.8. The van der Waals surface area contributed by atoms with E-state index in [4.69, 9.17) is 11.6 Å². The molecule has 2 aromatic rings. The van der Waals surface area contributed by atoms with Crippen LogP contribution >= 0.6 is 11.6 Å². The first-order valence-electron chi connectivity index (χ1n) is 7.04. The van der Waals surface area contributed by atoms with Gasteiger partial charge in [-0.05, 0) is 13.0 Å². The summed E-state index contributed by atoms with van der Waals surface area (Å²) >= 11 is 5.93. The van der Waals surface area contributed by atoms with Gasteiger partial charge in [-0.25, -0.2) is 4.98 Å². The van der Waals surface area contributed by atoms with Crippen LogP contribution in [0.3, 0.4) is 0 Å². The Bertz CT molecular complexity index is 765. The fourth-order valence-electron chi connectivity index (χ4n) is 2.65. The second kappa shape index (κ2) is 5.68. The smallest absolute Gasteiger partial charge is 0.335 e. The summed E-state index contributed by atoms with van der Waals surface area (Å²) in [6, 6.07) is 0.822. The Hall–Kier alpha value is -1.80. The number of nitrogens with zero attached hydrogens (tertiary/aromatic N) is 3. The number of carbonyl (C=O) groups is 1. The molecule has 1 aliphatic heterocycles. The third kappa shape index (κ3) is 2.88. The lowest BCUT2D eigenvalue weighted by Gasteiger charge is -2.27. The van der Waals surface area contributed by atoms with Crippen molar-refractivity contribution in [2.75, 3.05) is 26.2 Å². The molecule has 0 saturated carbocycles. The van der Waals surface area contributed by atoms with E-state index in [-0.39, 0.29) is 22.3 Å². The molecule has 1 amide bonds. The zero-order chi connectivity index (χ0) is 16.8. The van der Waals surface area contributed by atoms with Gasteiger partial charge in [0.1, 0.15) is 5.69 Å². The van der Waals surface area contributed by atoms with E-state index in [0.29, 0.717) is 31.9 Å². The molecule has 3 heterocycles. The minimum absolute atomic E-state index is 0.120. The van der Waals surface area contributed by atoms with Crippen LogP contribution in [0.4, 0.5) is 13.2 Å². The molecule has 0 aromatic carbocycles. The molecule has 0 aliphatic carbocycles. The standard InChI is InChI=1S/C14H14ClF3N4O/c1-8-11(13(23)21-4-2-19-3-5-21)22-7-9(14(16,17)18)6-10(15)12(22)20-8/h6-7,19H,2-5H2,1H3. The van der Waals surface area contributed by atoms with E-state index in [1.807, 2.05) is 0 Å². The summed E-state index contributed by atoms with van der Waals surface area (Å²) in [4.78, 5) is 18.4. The number of aryl methyl sites for hydroxylation is 1. The van der Waals surface area contributed by atoms with Crippen LogP contribution in [-0.2, 0) is 6.18 Å². The molecule has 124 valence electrons. The number of carbonyl (C=O) groups excluding carboxylic acids is 1. The minimum Gasteiger partial charge on any atom is -0.335 e. The van der Waals surface area contributed by atoms with Crippen LogP contribution in [0, 0.1) is 6.92 Å². The first-order valence-corrected chi connectivity index (χ1v) is 7.42. The summed E-state index contributed by atoms with van der Waals surface area (Å²) in [5.41, 5.74) is -0.290. The molecule has 0 spiro atoms. The van der Waals surface area contributed by atoms with Crippen LogP contribution in [0.15, 0.2) is 12.3 Å². The van der Waals surface area contributed by atoms with E-state index in [1.54, 1.807) is 11.8 Å². The Kier molecular flexibility index (Phi) is 3.97. The third-order valence-electron chi connectivity index (χ3n) is 3.78. The molecule has 5 nitrogen and oxygen atoms in total. The zero-order valence-electron chi connectivity index (χ0n) is 12.2. The molecule has 0 bridgehead atoms. The molecule has 2 aromatic heterocycles. The maximum Gasteiger partial charge on any atom is 0.417 e. The second-order valence-corrected chi connectivity index (χ2v) is 5.76. The summed E-state index contributed by atoms with van der Waals surface area (Å²) in [7, 11) is 0. The number of nitrogens with one attached hydrogen (secondary N) is 1. The Labute approximate surface area is 135 Å². The monoisotopic (exact) mass is 346 g/mol. The quantitative estimate of drug-likeness (QED) is 0.862. The summed E-state index contributed by atoms with van der Waals surface area (Å²) in [5, 5.41) is 2.98. The molecule has 1 saturated heterocycles. The number of pyridine rings is 1. The first kappa shape index (κ1) is 16.1. The highest BCUT2D eigenvalue weighted by molar-refractivity contribution is 6.33. The molecule has 23 heavy (non-hydrogen) atoms. The molecule has 0 radical (unpaired) electrons. The van der Waals surface area contributed by atoms with E-state index in [1.165, 1.54) is 0 Å². The zero-order valence-corrected chi connectivity index (χ0v) is 13.0. The highest BCUT2D eigenvalue weighted by atomic mass is 35.5. The van der Waals surface area contributed by atoms with Crippen LogP contribution in [-0.4, -0.2) is 46.4 Å². The number of imidazole rings is 1. The molecule has 0 atom stereocenters. The third-order valence-corrected chi connectivity index (χ3v) is 4.06. The van der Waals surface area contributed by atoms with Crippen LogP contribution in [0.1, 0.15) is 21.7 Å². The highest BCUT2D eigenvalue weighted by Crippen LogP contribution is 2.33. The van der Waals surface area contributed by atoms with Crippen LogP contribution < -0.4 is 5.32 Å². The lowest BCUT2D eigenvalue weighted by molar-refractivity contribution is -0.137. The largest absolute Gasteiger partial charge is 0.417 e. The molecule has 1 N–H and O–H groups in total. The van der Waals surface area contributed by atoms with Crippen molar-refractivity contribution in [3.8, 4) is 0 Å². The number of piperazine rings is 1. The molecule has 3 rings (SSSR count). The van der Waals surface area contributed by atoms with E-state index in [0.717, 1.165) is 16.7 Å². The number of aromatic nitrogens is 2. The van der Waals surface area contributed by atoms with Gasteiger partial charge in [0.05, 0.1) is 16.3 Å². The van der Waals surface area contributed by atoms with Gasteiger partial charge in [0.25, 0.3) is 5.91 Å². The Balaban J connectivity index is 2.14. The maximum absolute atomic E-state index is 13.0. The highest BCUT2D eigenvalue weighted by Gasteiger charge is 2.33. The van der Waals surface area contributed by atoms with E-state index < -0.39 is 11.7 Å². The summed E-state index contributed by atoms with van der Waals surface area (Å²) in [5.74, 6) is -0.341. The molecule has 1 fully saturated rings. The number of amides is 1. The predicted molar refractivity (Wildman–Crippen MR) is 78.7 cm³/mol. The topological polar surface area (TPSA) is 49.6 Å². The van der Waals surface area contributed by atoms with E-state index in [9.17, 15) is 18.0 Å². The molecule has 0 unspecified atom stereocenters.